The summed E-state index contributed by atoms with van der Waals surface area (Å²) in [5.41, 5.74) is 3.58. The van der Waals surface area contributed by atoms with E-state index in [0.29, 0.717) is 6.04 Å². The summed E-state index contributed by atoms with van der Waals surface area (Å²) in [4.78, 5) is 0. The molecule has 1 N–H and O–H groups in total. The van der Waals surface area contributed by atoms with Crippen LogP contribution in [0.5, 0.6) is 0 Å². The highest BCUT2D eigenvalue weighted by Crippen LogP contribution is 2.26. The fourth-order valence-corrected chi connectivity index (χ4v) is 2.74. The van der Waals surface area contributed by atoms with E-state index in [1.807, 2.05) is 12.1 Å². The lowest BCUT2D eigenvalue weighted by Crippen LogP contribution is -2.18. The van der Waals surface area contributed by atoms with Gasteiger partial charge in [-0.2, -0.15) is 0 Å². The highest BCUT2D eigenvalue weighted by Gasteiger charge is 2.13. The number of aryl methyl sites for hydroxylation is 1. The van der Waals surface area contributed by atoms with Crippen molar-refractivity contribution in [1.82, 2.24) is 5.32 Å². The van der Waals surface area contributed by atoms with Crippen molar-refractivity contribution in [2.45, 2.75) is 32.9 Å². The highest BCUT2D eigenvalue weighted by atomic mass is 16.3. The molecule has 3 aromatic rings. The Morgan fingerprint density at radius 1 is 1.00 bits per heavy atom. The van der Waals surface area contributed by atoms with Gasteiger partial charge in [0.05, 0.1) is 0 Å². The van der Waals surface area contributed by atoms with Gasteiger partial charge < -0.3 is 9.73 Å². The summed E-state index contributed by atoms with van der Waals surface area (Å²) in [6.07, 6.45) is 0.922. The third-order valence-electron chi connectivity index (χ3n) is 3.99. The standard InChI is InChI=1S/C19H21NO/c1-3-18-17(16-11-7-8-12-19(16)21-18)13-20-14(2)15-9-5-4-6-10-15/h4-12,14,20H,3,13H2,1-2H3. The van der Waals surface area contributed by atoms with Gasteiger partial charge in [-0.15, -0.1) is 0 Å². The SMILES string of the molecule is CCc1oc2ccccc2c1CNC(C)c1ccccc1. The molecular formula is C19H21NO. The molecule has 0 amide bonds. The topological polar surface area (TPSA) is 25.2 Å². The van der Waals surface area contributed by atoms with Crippen LogP contribution in [0.3, 0.4) is 0 Å². The molecule has 0 aliphatic rings. The summed E-state index contributed by atoms with van der Waals surface area (Å²) < 4.78 is 5.95. The van der Waals surface area contributed by atoms with Crippen LogP contribution in [0.2, 0.25) is 0 Å². The molecule has 0 radical (unpaired) electrons. The van der Waals surface area contributed by atoms with Crippen LogP contribution in [0, 0.1) is 0 Å². The van der Waals surface area contributed by atoms with E-state index >= 15 is 0 Å². The Hall–Kier alpha value is -2.06. The van der Waals surface area contributed by atoms with E-state index in [2.05, 4.69) is 61.6 Å². The molecule has 0 saturated carbocycles. The van der Waals surface area contributed by atoms with Gasteiger partial charge in [-0.3, -0.25) is 0 Å². The van der Waals surface area contributed by atoms with Crippen molar-refractivity contribution >= 4 is 11.0 Å². The van der Waals surface area contributed by atoms with Crippen molar-refractivity contribution in [2.75, 3.05) is 0 Å². The Morgan fingerprint density at radius 3 is 2.48 bits per heavy atom. The van der Waals surface area contributed by atoms with Crippen molar-refractivity contribution in [3.63, 3.8) is 0 Å². The highest BCUT2D eigenvalue weighted by molar-refractivity contribution is 5.82. The molecule has 2 aromatic carbocycles. The number of nitrogens with one attached hydrogen (secondary N) is 1. The number of rotatable bonds is 5. The van der Waals surface area contributed by atoms with Gasteiger partial charge in [-0.05, 0) is 18.6 Å². The zero-order valence-corrected chi connectivity index (χ0v) is 12.6. The van der Waals surface area contributed by atoms with E-state index in [1.165, 1.54) is 16.5 Å². The summed E-state index contributed by atoms with van der Waals surface area (Å²) in [5, 5.41) is 4.83. The molecule has 0 aliphatic heterocycles. The van der Waals surface area contributed by atoms with E-state index in [-0.39, 0.29) is 0 Å². The van der Waals surface area contributed by atoms with Gasteiger partial charge in [0.2, 0.25) is 0 Å². The second-order valence-electron chi connectivity index (χ2n) is 5.37. The molecule has 1 unspecified atom stereocenters. The molecule has 1 heterocycles. The number of hydrogen-bond donors (Lipinski definition) is 1. The zero-order chi connectivity index (χ0) is 14.7. The van der Waals surface area contributed by atoms with Crippen LogP contribution < -0.4 is 5.32 Å². The summed E-state index contributed by atoms with van der Waals surface area (Å²) in [6.45, 7) is 5.17. The minimum Gasteiger partial charge on any atom is -0.461 e. The predicted molar refractivity (Wildman–Crippen MR) is 87.3 cm³/mol. The molecule has 1 atom stereocenters. The Kier molecular flexibility index (Phi) is 4.07. The molecule has 0 spiro atoms. The van der Waals surface area contributed by atoms with E-state index < -0.39 is 0 Å². The van der Waals surface area contributed by atoms with Crippen LogP contribution in [0.1, 0.15) is 36.8 Å². The van der Waals surface area contributed by atoms with Crippen LogP contribution in [-0.4, -0.2) is 0 Å². The normalized spacial score (nSPS) is 12.7. The minimum absolute atomic E-state index is 0.324. The number of benzene rings is 2. The van der Waals surface area contributed by atoms with Gasteiger partial charge in [0.25, 0.3) is 0 Å². The molecule has 2 nitrogen and oxygen atoms in total. The van der Waals surface area contributed by atoms with E-state index in [4.69, 9.17) is 4.42 Å². The van der Waals surface area contributed by atoms with Crippen LogP contribution in [0.4, 0.5) is 0 Å². The molecule has 0 bridgehead atoms. The fraction of sp³-hybridized carbons (Fsp3) is 0.263. The first kappa shape index (κ1) is 13.9. The Morgan fingerprint density at radius 2 is 1.71 bits per heavy atom. The minimum atomic E-state index is 0.324. The van der Waals surface area contributed by atoms with Crippen molar-refractivity contribution in [1.29, 1.82) is 0 Å². The lowest BCUT2D eigenvalue weighted by molar-refractivity contribution is 0.530. The van der Waals surface area contributed by atoms with Gasteiger partial charge >= 0.3 is 0 Å². The molecule has 0 fully saturated rings. The Bertz CT molecular complexity index is 715. The van der Waals surface area contributed by atoms with Crippen molar-refractivity contribution < 1.29 is 4.42 Å². The van der Waals surface area contributed by atoms with Gasteiger partial charge in [-0.1, -0.05) is 55.5 Å². The summed E-state index contributed by atoms with van der Waals surface area (Å²) in [5.74, 6) is 1.09. The van der Waals surface area contributed by atoms with Crippen molar-refractivity contribution in [3.05, 3.63) is 71.5 Å². The number of para-hydroxylation sites is 1. The predicted octanol–water partition coefficient (Wildman–Crippen LogP) is 4.85. The lowest BCUT2D eigenvalue weighted by atomic mass is 10.1. The third kappa shape index (κ3) is 2.86. The number of furan rings is 1. The van der Waals surface area contributed by atoms with Crippen LogP contribution in [0.15, 0.2) is 59.0 Å². The lowest BCUT2D eigenvalue weighted by Gasteiger charge is -2.14. The van der Waals surface area contributed by atoms with Gasteiger partial charge in [-0.25, -0.2) is 0 Å². The third-order valence-corrected chi connectivity index (χ3v) is 3.99. The van der Waals surface area contributed by atoms with Gasteiger partial charge in [0.1, 0.15) is 11.3 Å². The Labute approximate surface area is 125 Å². The second kappa shape index (κ2) is 6.15. The maximum absolute atomic E-state index is 5.95. The molecule has 1 aromatic heterocycles. The molecule has 21 heavy (non-hydrogen) atoms. The molecular weight excluding hydrogens is 258 g/mol. The molecule has 108 valence electrons. The van der Waals surface area contributed by atoms with Crippen LogP contribution >= 0.6 is 0 Å². The second-order valence-corrected chi connectivity index (χ2v) is 5.37. The molecule has 0 aliphatic carbocycles. The average Bonchev–Trinajstić information content (AvgIpc) is 2.91. The first-order chi connectivity index (χ1) is 10.3. The average molecular weight is 279 g/mol. The monoisotopic (exact) mass is 279 g/mol. The largest absolute Gasteiger partial charge is 0.461 e. The summed E-state index contributed by atoms with van der Waals surface area (Å²) >= 11 is 0. The maximum atomic E-state index is 5.95. The number of hydrogen-bond acceptors (Lipinski definition) is 2. The van der Waals surface area contributed by atoms with Gasteiger partial charge in [0, 0.05) is 30.0 Å². The van der Waals surface area contributed by atoms with E-state index in [9.17, 15) is 0 Å². The summed E-state index contributed by atoms with van der Waals surface area (Å²) in [6, 6.07) is 19.1. The fourth-order valence-electron chi connectivity index (χ4n) is 2.74. The molecule has 2 heteroatoms. The van der Waals surface area contributed by atoms with Crippen molar-refractivity contribution in [3.8, 4) is 0 Å². The zero-order valence-electron chi connectivity index (χ0n) is 12.6. The van der Waals surface area contributed by atoms with Gasteiger partial charge in [0.15, 0.2) is 0 Å². The molecule has 0 saturated heterocycles. The number of fused-ring (bicyclic) bond motifs is 1. The van der Waals surface area contributed by atoms with E-state index in [0.717, 1.165) is 24.3 Å². The smallest absolute Gasteiger partial charge is 0.134 e. The Balaban J connectivity index is 1.82. The van der Waals surface area contributed by atoms with Crippen molar-refractivity contribution in [2.24, 2.45) is 0 Å². The maximum Gasteiger partial charge on any atom is 0.134 e. The summed E-state index contributed by atoms with van der Waals surface area (Å²) in [7, 11) is 0. The molecule has 3 rings (SSSR count). The van der Waals surface area contributed by atoms with Crippen LogP contribution in [0.25, 0.3) is 11.0 Å². The van der Waals surface area contributed by atoms with Crippen LogP contribution in [-0.2, 0) is 13.0 Å². The first-order valence-corrected chi connectivity index (χ1v) is 7.57. The first-order valence-electron chi connectivity index (χ1n) is 7.57. The quantitative estimate of drug-likeness (QED) is 0.722. The van der Waals surface area contributed by atoms with E-state index in [1.54, 1.807) is 0 Å².